The molecule has 3 aromatic rings. The molecule has 5 N–H and O–H groups in total. The molecule has 1 aromatic heterocycles. The first-order valence-corrected chi connectivity index (χ1v) is 11.4. The van der Waals surface area contributed by atoms with Crippen LogP contribution in [0.4, 0.5) is 26.4 Å². The number of anilines is 3. The van der Waals surface area contributed by atoms with Crippen LogP contribution < -0.4 is 26.0 Å². The molecule has 2 aromatic carbocycles. The second kappa shape index (κ2) is 12.4. The zero-order valence-corrected chi connectivity index (χ0v) is 20.4. The highest BCUT2D eigenvalue weighted by Crippen LogP contribution is 2.34. The number of rotatable bonds is 11. The number of aromatic nitrogens is 2. The van der Waals surface area contributed by atoms with Crippen molar-refractivity contribution in [1.82, 2.24) is 20.6 Å². The van der Waals surface area contributed by atoms with Crippen LogP contribution in [0.2, 0.25) is 0 Å². The molecular formula is C23H22BrFN6O5. The molecule has 188 valence electrons. The number of carbonyl (C=O) groups is 3. The van der Waals surface area contributed by atoms with Gasteiger partial charge < -0.3 is 31.1 Å². The van der Waals surface area contributed by atoms with E-state index in [9.17, 15) is 18.8 Å². The zero-order valence-electron chi connectivity index (χ0n) is 18.8. The van der Waals surface area contributed by atoms with E-state index in [4.69, 9.17) is 9.84 Å². The highest BCUT2D eigenvalue weighted by atomic mass is 79.9. The number of hydrogen-bond donors (Lipinski definition) is 5. The molecule has 0 fully saturated rings. The molecule has 0 atom stereocenters. The molecule has 1 heterocycles. The van der Waals surface area contributed by atoms with Gasteiger partial charge in [-0.25, -0.2) is 19.2 Å². The fourth-order valence-electron chi connectivity index (χ4n) is 3.03. The van der Waals surface area contributed by atoms with Gasteiger partial charge in [0.1, 0.15) is 30.3 Å². The minimum Gasteiger partial charge on any atom is -0.489 e. The lowest BCUT2D eigenvalue weighted by Gasteiger charge is -2.15. The minimum absolute atomic E-state index is 0.00927. The third-order valence-corrected chi connectivity index (χ3v) is 5.17. The van der Waals surface area contributed by atoms with E-state index in [1.165, 1.54) is 12.4 Å². The summed E-state index contributed by atoms with van der Waals surface area (Å²) in [7, 11) is 0. The van der Waals surface area contributed by atoms with Crippen LogP contribution in [0.3, 0.4) is 0 Å². The molecule has 0 saturated heterocycles. The summed E-state index contributed by atoms with van der Waals surface area (Å²) in [4.78, 5) is 42.6. The Morgan fingerprint density at radius 1 is 1.11 bits per heavy atom. The molecule has 3 amide bonds. The molecule has 0 spiro atoms. The number of carbonyl (C=O) groups excluding carboxylic acids is 2. The van der Waals surface area contributed by atoms with Crippen LogP contribution in [0.5, 0.6) is 5.75 Å². The number of benzene rings is 2. The summed E-state index contributed by atoms with van der Waals surface area (Å²) in [5.74, 6) is -0.737. The summed E-state index contributed by atoms with van der Waals surface area (Å²) in [5.41, 5.74) is 0.948. The number of amides is 3. The molecule has 0 aliphatic rings. The van der Waals surface area contributed by atoms with E-state index in [1.807, 2.05) is 0 Å². The second-order valence-corrected chi connectivity index (χ2v) is 8.13. The van der Waals surface area contributed by atoms with Gasteiger partial charge in [0.15, 0.2) is 0 Å². The van der Waals surface area contributed by atoms with Crippen LogP contribution in [0.15, 0.2) is 53.8 Å². The highest BCUT2D eigenvalue weighted by molar-refractivity contribution is 9.10. The molecule has 0 aliphatic carbocycles. The fourth-order valence-corrected chi connectivity index (χ4v) is 3.36. The summed E-state index contributed by atoms with van der Waals surface area (Å²) in [6.45, 7) is 3.63. The van der Waals surface area contributed by atoms with Gasteiger partial charge >= 0.3 is 6.09 Å². The Morgan fingerprint density at radius 3 is 2.64 bits per heavy atom. The van der Waals surface area contributed by atoms with E-state index in [1.54, 1.807) is 24.3 Å². The van der Waals surface area contributed by atoms with Crippen molar-refractivity contribution >= 4 is 61.9 Å². The molecule has 0 radical (unpaired) electrons. The lowest BCUT2D eigenvalue weighted by Crippen LogP contribution is -2.32. The van der Waals surface area contributed by atoms with Gasteiger partial charge in [-0.15, -0.1) is 0 Å². The van der Waals surface area contributed by atoms with Crippen LogP contribution in [-0.2, 0) is 9.59 Å². The van der Waals surface area contributed by atoms with Crippen molar-refractivity contribution in [1.29, 1.82) is 0 Å². The van der Waals surface area contributed by atoms with Crippen molar-refractivity contribution in [3.8, 4) is 5.75 Å². The zero-order chi connectivity index (χ0) is 26.1. The number of ether oxygens (including phenoxy) is 1. The Labute approximate surface area is 213 Å². The minimum atomic E-state index is -1.21. The Kier molecular flexibility index (Phi) is 9.11. The largest absolute Gasteiger partial charge is 0.489 e. The number of carboxylic acid groups (broad SMARTS) is 1. The Balaban J connectivity index is 1.78. The lowest BCUT2D eigenvalue weighted by molar-refractivity contribution is -0.121. The van der Waals surface area contributed by atoms with Crippen LogP contribution in [0, 0.1) is 5.82 Å². The quantitative estimate of drug-likeness (QED) is 0.176. The SMILES string of the molecule is C=CC(=O)Nc1cc2c(Nc3ccc(Br)cc3F)ncnc2cc1OCCNC(=O)CCNC(=O)O. The van der Waals surface area contributed by atoms with Gasteiger partial charge in [-0.1, -0.05) is 22.5 Å². The van der Waals surface area contributed by atoms with E-state index >= 15 is 0 Å². The molecule has 36 heavy (non-hydrogen) atoms. The van der Waals surface area contributed by atoms with Gasteiger partial charge in [0.05, 0.1) is 23.4 Å². The van der Waals surface area contributed by atoms with Gasteiger partial charge in [0.25, 0.3) is 0 Å². The van der Waals surface area contributed by atoms with E-state index in [-0.39, 0.29) is 43.5 Å². The predicted molar refractivity (Wildman–Crippen MR) is 135 cm³/mol. The standard InChI is InChI=1S/C23H22BrFN6O5/c1-2-20(32)30-18-10-14-17(11-19(18)36-8-7-26-21(33)5-6-27-23(34)35)28-12-29-22(14)31-16-4-3-13(24)9-15(16)25/h2-4,9-12,27H,1,5-8H2,(H,26,33)(H,30,32)(H,34,35)(H,28,29,31). The first-order chi connectivity index (χ1) is 17.3. The molecule has 3 rings (SSSR count). The molecule has 0 aliphatic heterocycles. The Morgan fingerprint density at radius 2 is 1.92 bits per heavy atom. The van der Waals surface area contributed by atoms with Crippen molar-refractivity contribution in [3.05, 3.63) is 59.6 Å². The number of nitrogens with one attached hydrogen (secondary N) is 4. The normalized spacial score (nSPS) is 10.4. The first-order valence-electron chi connectivity index (χ1n) is 10.6. The van der Waals surface area contributed by atoms with Gasteiger partial charge in [0.2, 0.25) is 11.8 Å². The van der Waals surface area contributed by atoms with E-state index in [2.05, 4.69) is 53.7 Å². The number of nitrogens with zero attached hydrogens (tertiary/aromatic N) is 2. The number of fused-ring (bicyclic) bond motifs is 1. The monoisotopic (exact) mass is 560 g/mol. The summed E-state index contributed by atoms with van der Waals surface area (Å²) in [5, 5.41) is 19.3. The highest BCUT2D eigenvalue weighted by Gasteiger charge is 2.14. The maximum absolute atomic E-state index is 14.3. The maximum Gasteiger partial charge on any atom is 0.404 e. The lowest BCUT2D eigenvalue weighted by atomic mass is 10.1. The fraction of sp³-hybridized carbons (Fsp3) is 0.174. The van der Waals surface area contributed by atoms with Crippen molar-refractivity contribution in [2.45, 2.75) is 6.42 Å². The van der Waals surface area contributed by atoms with Gasteiger partial charge in [0, 0.05) is 28.9 Å². The van der Waals surface area contributed by atoms with Crippen LogP contribution in [0.25, 0.3) is 10.9 Å². The van der Waals surface area contributed by atoms with Crippen molar-refractivity contribution in [2.24, 2.45) is 0 Å². The van der Waals surface area contributed by atoms with Gasteiger partial charge in [-0.3, -0.25) is 9.59 Å². The van der Waals surface area contributed by atoms with Crippen molar-refractivity contribution < 1.29 is 28.6 Å². The van der Waals surface area contributed by atoms with E-state index in [0.29, 0.717) is 26.9 Å². The van der Waals surface area contributed by atoms with Crippen molar-refractivity contribution in [3.63, 3.8) is 0 Å². The molecule has 0 saturated carbocycles. The summed E-state index contributed by atoms with van der Waals surface area (Å²) in [6, 6.07) is 7.71. The van der Waals surface area contributed by atoms with Crippen molar-refractivity contribution in [2.75, 3.05) is 30.3 Å². The van der Waals surface area contributed by atoms with Crippen LogP contribution in [-0.4, -0.2) is 52.7 Å². The van der Waals surface area contributed by atoms with E-state index in [0.717, 1.165) is 6.08 Å². The predicted octanol–water partition coefficient (Wildman–Crippen LogP) is 3.55. The third kappa shape index (κ3) is 7.37. The van der Waals surface area contributed by atoms with E-state index < -0.39 is 17.8 Å². The molecule has 13 heteroatoms. The maximum atomic E-state index is 14.3. The van der Waals surface area contributed by atoms with Gasteiger partial charge in [-0.2, -0.15) is 0 Å². The summed E-state index contributed by atoms with van der Waals surface area (Å²) in [6.07, 6.45) is 1.17. The Hall–Kier alpha value is -4.26. The molecule has 0 unspecified atom stereocenters. The molecule has 0 bridgehead atoms. The second-order valence-electron chi connectivity index (χ2n) is 7.21. The smallest absolute Gasteiger partial charge is 0.404 e. The first kappa shape index (κ1) is 26.3. The Bertz CT molecular complexity index is 1310. The van der Waals surface area contributed by atoms with Crippen LogP contribution >= 0.6 is 15.9 Å². The molecular weight excluding hydrogens is 539 g/mol. The number of halogens is 2. The molecule has 11 nitrogen and oxygen atoms in total. The summed E-state index contributed by atoms with van der Waals surface area (Å²) < 4.78 is 20.7. The summed E-state index contributed by atoms with van der Waals surface area (Å²) >= 11 is 3.22. The van der Waals surface area contributed by atoms with Crippen LogP contribution in [0.1, 0.15) is 6.42 Å². The average molecular weight is 561 g/mol. The van der Waals surface area contributed by atoms with Gasteiger partial charge in [-0.05, 0) is 30.3 Å². The third-order valence-electron chi connectivity index (χ3n) is 4.67. The average Bonchev–Trinajstić information content (AvgIpc) is 2.83. The number of hydrogen-bond acceptors (Lipinski definition) is 7. The topological polar surface area (TPSA) is 155 Å².